The number of nitrogens with zero attached hydrogens (tertiary/aromatic N) is 2. The smallest absolute Gasteiger partial charge is 0.219 e. The van der Waals surface area contributed by atoms with Crippen LogP contribution in [0.4, 0.5) is 5.82 Å². The summed E-state index contributed by atoms with van der Waals surface area (Å²) in [5.41, 5.74) is 5.15. The number of nitrogens with one attached hydrogen (secondary N) is 1. The Morgan fingerprint density at radius 3 is 2.95 bits per heavy atom. The monoisotopic (exact) mass is 276 g/mol. The lowest BCUT2D eigenvalue weighted by Crippen LogP contribution is -2.28. The molecule has 0 spiro atoms. The Morgan fingerprint density at radius 1 is 1.35 bits per heavy atom. The number of primary amides is 1. The summed E-state index contributed by atoms with van der Waals surface area (Å²) in [6.45, 7) is 0.562. The SMILES string of the molecule is NC(=O)CCn1ccc(NC2CCCC(C3CC3)C2)n1. The minimum Gasteiger partial charge on any atom is -0.370 e. The maximum absolute atomic E-state index is 10.8. The van der Waals surface area contributed by atoms with Gasteiger partial charge in [-0.3, -0.25) is 9.48 Å². The number of carbonyl (C=O) groups excluding carboxylic acids is 1. The van der Waals surface area contributed by atoms with Crippen molar-refractivity contribution in [3.63, 3.8) is 0 Å². The zero-order valence-electron chi connectivity index (χ0n) is 11.9. The molecule has 110 valence electrons. The van der Waals surface area contributed by atoms with Crippen molar-refractivity contribution in [2.45, 2.75) is 57.5 Å². The van der Waals surface area contributed by atoms with Crippen LogP contribution in [0.2, 0.25) is 0 Å². The molecule has 2 unspecified atom stereocenters. The fourth-order valence-electron chi connectivity index (χ4n) is 3.35. The fourth-order valence-corrected chi connectivity index (χ4v) is 3.35. The molecule has 2 aliphatic carbocycles. The summed E-state index contributed by atoms with van der Waals surface area (Å²) >= 11 is 0. The number of anilines is 1. The number of hydrogen-bond acceptors (Lipinski definition) is 3. The molecular formula is C15H24N4O. The van der Waals surface area contributed by atoms with E-state index in [4.69, 9.17) is 5.73 Å². The third-order valence-electron chi connectivity index (χ3n) is 4.58. The average Bonchev–Trinajstić information content (AvgIpc) is 3.19. The first-order valence-corrected chi connectivity index (χ1v) is 7.79. The normalized spacial score (nSPS) is 26.4. The van der Waals surface area contributed by atoms with E-state index in [0.29, 0.717) is 19.0 Å². The Labute approximate surface area is 119 Å². The van der Waals surface area contributed by atoms with Gasteiger partial charge >= 0.3 is 0 Å². The number of rotatable bonds is 6. The number of carbonyl (C=O) groups is 1. The second-order valence-corrected chi connectivity index (χ2v) is 6.29. The second-order valence-electron chi connectivity index (χ2n) is 6.29. The van der Waals surface area contributed by atoms with Crippen LogP contribution in [0.1, 0.15) is 44.9 Å². The Balaban J connectivity index is 1.50. The van der Waals surface area contributed by atoms with E-state index in [1.165, 1.54) is 38.5 Å². The molecule has 2 atom stereocenters. The van der Waals surface area contributed by atoms with Crippen molar-refractivity contribution in [2.24, 2.45) is 17.6 Å². The fraction of sp³-hybridized carbons (Fsp3) is 0.733. The van der Waals surface area contributed by atoms with Gasteiger partial charge in [-0.2, -0.15) is 5.10 Å². The standard InChI is InChI=1S/C15H24N4O/c16-14(20)6-8-19-9-7-15(18-19)17-13-3-1-2-12(10-13)11-4-5-11/h7,9,11-13H,1-6,8,10H2,(H2,16,20)(H,17,18). The van der Waals surface area contributed by atoms with Crippen LogP contribution in [0.25, 0.3) is 0 Å². The summed E-state index contributed by atoms with van der Waals surface area (Å²) in [4.78, 5) is 10.8. The van der Waals surface area contributed by atoms with Crippen LogP contribution >= 0.6 is 0 Å². The highest BCUT2D eigenvalue weighted by atomic mass is 16.1. The van der Waals surface area contributed by atoms with Crippen molar-refractivity contribution in [1.82, 2.24) is 9.78 Å². The van der Waals surface area contributed by atoms with Gasteiger partial charge in [0.25, 0.3) is 0 Å². The van der Waals surface area contributed by atoms with Crippen LogP contribution in [0.3, 0.4) is 0 Å². The molecule has 0 radical (unpaired) electrons. The van der Waals surface area contributed by atoms with E-state index in [1.807, 2.05) is 12.3 Å². The molecule has 0 bridgehead atoms. The van der Waals surface area contributed by atoms with Gasteiger partial charge in [-0.15, -0.1) is 0 Å². The molecule has 3 rings (SSSR count). The third-order valence-corrected chi connectivity index (χ3v) is 4.58. The Hall–Kier alpha value is -1.52. The van der Waals surface area contributed by atoms with E-state index in [2.05, 4.69) is 10.4 Å². The first kappa shape index (κ1) is 13.5. The van der Waals surface area contributed by atoms with Gasteiger partial charge in [-0.05, 0) is 37.5 Å². The molecule has 1 aromatic heterocycles. The molecule has 1 heterocycles. The zero-order chi connectivity index (χ0) is 13.9. The molecule has 0 aliphatic heterocycles. The average molecular weight is 276 g/mol. The lowest BCUT2D eigenvalue weighted by Gasteiger charge is -2.29. The molecule has 5 heteroatoms. The van der Waals surface area contributed by atoms with Crippen molar-refractivity contribution in [1.29, 1.82) is 0 Å². The second kappa shape index (κ2) is 5.85. The highest BCUT2D eigenvalue weighted by molar-refractivity contribution is 5.73. The molecule has 3 N–H and O–H groups in total. The maximum atomic E-state index is 10.8. The predicted octanol–water partition coefficient (Wildman–Crippen LogP) is 2.14. The first-order valence-electron chi connectivity index (χ1n) is 7.79. The molecule has 20 heavy (non-hydrogen) atoms. The summed E-state index contributed by atoms with van der Waals surface area (Å²) in [5, 5.41) is 8.01. The summed E-state index contributed by atoms with van der Waals surface area (Å²) in [5.74, 6) is 2.58. The largest absolute Gasteiger partial charge is 0.370 e. The molecule has 2 saturated carbocycles. The predicted molar refractivity (Wildman–Crippen MR) is 78.1 cm³/mol. The highest BCUT2D eigenvalue weighted by Crippen LogP contribution is 2.44. The van der Waals surface area contributed by atoms with Gasteiger partial charge in [0, 0.05) is 31.3 Å². The summed E-state index contributed by atoms with van der Waals surface area (Å²) in [6, 6.07) is 2.55. The van der Waals surface area contributed by atoms with Crippen LogP contribution < -0.4 is 11.1 Å². The van der Waals surface area contributed by atoms with Crippen molar-refractivity contribution >= 4 is 11.7 Å². The summed E-state index contributed by atoms with van der Waals surface area (Å²) < 4.78 is 1.79. The van der Waals surface area contributed by atoms with Gasteiger partial charge in [0.15, 0.2) is 0 Å². The van der Waals surface area contributed by atoms with Crippen molar-refractivity contribution < 1.29 is 4.79 Å². The summed E-state index contributed by atoms with van der Waals surface area (Å²) in [7, 11) is 0. The van der Waals surface area contributed by atoms with Crippen LogP contribution in [-0.2, 0) is 11.3 Å². The van der Waals surface area contributed by atoms with Gasteiger partial charge in [-0.1, -0.05) is 12.8 Å². The number of hydrogen-bond donors (Lipinski definition) is 2. The van der Waals surface area contributed by atoms with E-state index < -0.39 is 0 Å². The molecule has 2 fully saturated rings. The lowest BCUT2D eigenvalue weighted by atomic mass is 9.83. The van der Waals surface area contributed by atoms with Gasteiger partial charge in [0.1, 0.15) is 5.82 Å². The van der Waals surface area contributed by atoms with Crippen LogP contribution in [0.15, 0.2) is 12.3 Å². The van der Waals surface area contributed by atoms with Gasteiger partial charge < -0.3 is 11.1 Å². The Kier molecular flexibility index (Phi) is 3.94. The number of nitrogens with two attached hydrogens (primary N) is 1. The lowest BCUT2D eigenvalue weighted by molar-refractivity contribution is -0.118. The molecular weight excluding hydrogens is 252 g/mol. The molecule has 1 aromatic rings. The van der Waals surface area contributed by atoms with Crippen molar-refractivity contribution in [3.05, 3.63) is 12.3 Å². The van der Waals surface area contributed by atoms with E-state index in [1.54, 1.807) is 4.68 Å². The Bertz CT molecular complexity index is 466. The topological polar surface area (TPSA) is 72.9 Å². The molecule has 2 aliphatic rings. The number of amides is 1. The number of aryl methyl sites for hydroxylation is 1. The Morgan fingerprint density at radius 2 is 2.20 bits per heavy atom. The van der Waals surface area contributed by atoms with Gasteiger partial charge in [0.05, 0.1) is 0 Å². The van der Waals surface area contributed by atoms with Gasteiger partial charge in [-0.25, -0.2) is 0 Å². The number of aromatic nitrogens is 2. The van der Waals surface area contributed by atoms with Gasteiger partial charge in [0.2, 0.25) is 5.91 Å². The van der Waals surface area contributed by atoms with Crippen LogP contribution in [-0.4, -0.2) is 21.7 Å². The molecule has 1 amide bonds. The van der Waals surface area contributed by atoms with E-state index >= 15 is 0 Å². The minimum atomic E-state index is -0.283. The first-order chi connectivity index (χ1) is 9.70. The molecule has 0 saturated heterocycles. The van der Waals surface area contributed by atoms with E-state index in [0.717, 1.165) is 17.7 Å². The molecule has 5 nitrogen and oxygen atoms in total. The van der Waals surface area contributed by atoms with Crippen molar-refractivity contribution in [3.8, 4) is 0 Å². The third kappa shape index (κ3) is 3.52. The highest BCUT2D eigenvalue weighted by Gasteiger charge is 2.34. The summed E-state index contributed by atoms with van der Waals surface area (Å²) in [6.07, 6.45) is 10.4. The quantitative estimate of drug-likeness (QED) is 0.836. The maximum Gasteiger partial charge on any atom is 0.219 e. The molecule has 0 aromatic carbocycles. The van der Waals surface area contributed by atoms with Crippen molar-refractivity contribution in [2.75, 3.05) is 5.32 Å². The zero-order valence-corrected chi connectivity index (χ0v) is 11.9. The van der Waals surface area contributed by atoms with E-state index in [-0.39, 0.29) is 5.91 Å². The van der Waals surface area contributed by atoms with Crippen LogP contribution in [0.5, 0.6) is 0 Å². The minimum absolute atomic E-state index is 0.283. The van der Waals surface area contributed by atoms with E-state index in [9.17, 15) is 4.79 Å². The van der Waals surface area contributed by atoms with Crippen LogP contribution in [0, 0.1) is 11.8 Å².